The lowest BCUT2D eigenvalue weighted by atomic mass is 10.2. The summed E-state index contributed by atoms with van der Waals surface area (Å²) < 4.78 is 5.77. The molecule has 5 nitrogen and oxygen atoms in total. The van der Waals surface area contributed by atoms with Gasteiger partial charge in [0.25, 0.3) is 5.91 Å². The number of amides is 1. The molecule has 0 radical (unpaired) electrons. The van der Waals surface area contributed by atoms with E-state index in [0.717, 1.165) is 16.9 Å². The van der Waals surface area contributed by atoms with Crippen LogP contribution in [0.1, 0.15) is 21.5 Å². The molecule has 124 valence electrons. The number of benzene rings is 2. The van der Waals surface area contributed by atoms with Gasteiger partial charge in [0.15, 0.2) is 0 Å². The van der Waals surface area contributed by atoms with Crippen molar-refractivity contribution in [2.75, 3.05) is 0 Å². The molecule has 0 aliphatic carbocycles. The molecule has 1 amide bonds. The zero-order chi connectivity index (χ0) is 17.3. The second-order valence-electron chi connectivity index (χ2n) is 5.29. The van der Waals surface area contributed by atoms with Crippen molar-refractivity contribution in [3.8, 4) is 5.75 Å². The van der Waals surface area contributed by atoms with Crippen molar-refractivity contribution < 1.29 is 9.53 Å². The van der Waals surface area contributed by atoms with E-state index in [1.165, 1.54) is 6.20 Å². The molecule has 0 aliphatic heterocycles. The first kappa shape index (κ1) is 16.4. The van der Waals surface area contributed by atoms with Crippen molar-refractivity contribution in [2.24, 2.45) is 5.10 Å². The van der Waals surface area contributed by atoms with Crippen molar-refractivity contribution in [2.45, 2.75) is 6.61 Å². The van der Waals surface area contributed by atoms with E-state index in [-0.39, 0.29) is 5.91 Å². The van der Waals surface area contributed by atoms with Gasteiger partial charge in [-0.25, -0.2) is 5.43 Å². The summed E-state index contributed by atoms with van der Waals surface area (Å²) in [7, 11) is 0. The van der Waals surface area contributed by atoms with Gasteiger partial charge >= 0.3 is 0 Å². The summed E-state index contributed by atoms with van der Waals surface area (Å²) in [6.07, 6.45) is 4.67. The molecule has 3 aromatic rings. The van der Waals surface area contributed by atoms with Crippen LogP contribution in [-0.2, 0) is 6.61 Å². The molecule has 25 heavy (non-hydrogen) atoms. The van der Waals surface area contributed by atoms with E-state index in [0.29, 0.717) is 12.2 Å². The molecule has 0 saturated heterocycles. The molecule has 0 aliphatic rings. The minimum Gasteiger partial charge on any atom is -0.489 e. The molecular weight excluding hydrogens is 314 g/mol. The lowest BCUT2D eigenvalue weighted by molar-refractivity contribution is 0.0955. The molecule has 1 N–H and O–H groups in total. The first-order valence-electron chi connectivity index (χ1n) is 7.81. The number of aromatic nitrogens is 1. The predicted molar refractivity (Wildman–Crippen MR) is 96.5 cm³/mol. The summed E-state index contributed by atoms with van der Waals surface area (Å²) in [4.78, 5) is 15.8. The Morgan fingerprint density at radius 3 is 2.76 bits per heavy atom. The second-order valence-corrected chi connectivity index (χ2v) is 5.29. The fourth-order valence-electron chi connectivity index (χ4n) is 2.15. The first-order valence-corrected chi connectivity index (χ1v) is 7.81. The number of nitrogens with one attached hydrogen (secondary N) is 1. The number of hydrazone groups is 1. The minimum absolute atomic E-state index is 0.305. The number of rotatable bonds is 6. The van der Waals surface area contributed by atoms with Crippen LogP contribution in [-0.4, -0.2) is 17.1 Å². The third-order valence-electron chi connectivity index (χ3n) is 3.41. The molecule has 0 bridgehead atoms. The van der Waals surface area contributed by atoms with Crippen LogP contribution in [0, 0.1) is 0 Å². The molecule has 0 saturated carbocycles. The van der Waals surface area contributed by atoms with Crippen LogP contribution in [0.2, 0.25) is 0 Å². The number of carbonyl (C=O) groups excluding carboxylic acids is 1. The molecule has 0 spiro atoms. The molecule has 0 unspecified atom stereocenters. The van der Waals surface area contributed by atoms with Gasteiger partial charge in [0, 0.05) is 12.4 Å². The molecule has 1 aromatic heterocycles. The lowest BCUT2D eigenvalue weighted by Crippen LogP contribution is -2.17. The van der Waals surface area contributed by atoms with Crippen LogP contribution < -0.4 is 10.2 Å². The van der Waals surface area contributed by atoms with Crippen molar-refractivity contribution >= 4 is 12.1 Å². The number of nitrogens with zero attached hydrogens (tertiary/aromatic N) is 2. The Morgan fingerprint density at radius 1 is 1.08 bits per heavy atom. The Hall–Kier alpha value is -3.47. The Balaban J connectivity index is 1.57. The van der Waals surface area contributed by atoms with Crippen molar-refractivity contribution in [3.05, 3.63) is 95.8 Å². The summed E-state index contributed by atoms with van der Waals surface area (Å²) in [5.74, 6) is 0.437. The van der Waals surface area contributed by atoms with Crippen LogP contribution in [0.5, 0.6) is 5.75 Å². The largest absolute Gasteiger partial charge is 0.489 e. The Morgan fingerprint density at radius 2 is 1.96 bits per heavy atom. The number of pyridine rings is 1. The van der Waals surface area contributed by atoms with Gasteiger partial charge in [0.1, 0.15) is 12.4 Å². The Bertz CT molecular complexity index is 849. The third kappa shape index (κ3) is 5.00. The fraction of sp³-hybridized carbons (Fsp3) is 0.0500. The quantitative estimate of drug-likeness (QED) is 0.556. The molecule has 3 rings (SSSR count). The summed E-state index contributed by atoms with van der Waals surface area (Å²) in [5.41, 5.74) is 4.87. The average molecular weight is 331 g/mol. The minimum atomic E-state index is -0.305. The van der Waals surface area contributed by atoms with E-state index in [4.69, 9.17) is 4.74 Å². The number of ether oxygens (including phenoxy) is 1. The van der Waals surface area contributed by atoms with Crippen LogP contribution in [0.15, 0.2) is 84.2 Å². The van der Waals surface area contributed by atoms with Gasteiger partial charge in [-0.05, 0) is 35.4 Å². The van der Waals surface area contributed by atoms with E-state index in [1.54, 1.807) is 24.5 Å². The molecule has 0 atom stereocenters. The molecule has 1 heterocycles. The maximum absolute atomic E-state index is 11.9. The van der Waals surface area contributed by atoms with Gasteiger partial charge < -0.3 is 4.74 Å². The summed E-state index contributed by atoms with van der Waals surface area (Å²) in [6, 6.07) is 20.8. The maximum Gasteiger partial charge on any atom is 0.272 e. The van der Waals surface area contributed by atoms with Gasteiger partial charge in [-0.3, -0.25) is 9.78 Å². The summed E-state index contributed by atoms with van der Waals surface area (Å²) >= 11 is 0. The van der Waals surface area contributed by atoms with Crippen molar-refractivity contribution in [3.63, 3.8) is 0 Å². The average Bonchev–Trinajstić information content (AvgIpc) is 2.68. The SMILES string of the molecule is O=C(NN=Cc1cccc(OCc2ccccc2)c1)c1cccnc1. The predicted octanol–water partition coefficient (Wildman–Crippen LogP) is 3.42. The Kier molecular flexibility index (Phi) is 5.51. The van der Waals surface area contributed by atoms with Crippen molar-refractivity contribution in [1.82, 2.24) is 10.4 Å². The van der Waals surface area contributed by atoms with Crippen LogP contribution in [0.25, 0.3) is 0 Å². The summed E-state index contributed by atoms with van der Waals surface area (Å²) in [6.45, 7) is 0.499. The van der Waals surface area contributed by atoms with Crippen LogP contribution in [0.3, 0.4) is 0 Å². The highest BCUT2D eigenvalue weighted by molar-refractivity contribution is 5.94. The maximum atomic E-state index is 11.9. The normalized spacial score (nSPS) is 10.6. The van der Waals surface area contributed by atoms with Gasteiger partial charge in [-0.2, -0.15) is 5.10 Å². The molecule has 5 heteroatoms. The highest BCUT2D eigenvalue weighted by Gasteiger charge is 2.02. The zero-order valence-corrected chi connectivity index (χ0v) is 13.5. The van der Waals surface area contributed by atoms with E-state index in [1.807, 2.05) is 54.6 Å². The highest BCUT2D eigenvalue weighted by Crippen LogP contribution is 2.14. The number of carbonyl (C=O) groups is 1. The Labute approximate surface area is 146 Å². The van der Waals surface area contributed by atoms with Crippen molar-refractivity contribution in [1.29, 1.82) is 0 Å². The monoisotopic (exact) mass is 331 g/mol. The summed E-state index contributed by atoms with van der Waals surface area (Å²) in [5, 5.41) is 3.97. The van der Waals surface area contributed by atoms with E-state index in [9.17, 15) is 4.79 Å². The van der Waals surface area contributed by atoms with Gasteiger partial charge in [-0.1, -0.05) is 42.5 Å². The first-order chi connectivity index (χ1) is 12.3. The topological polar surface area (TPSA) is 63.6 Å². The standard InChI is InChI=1S/C20H17N3O2/c24-20(18-9-5-11-21-14-18)23-22-13-17-8-4-10-19(12-17)25-15-16-6-2-1-3-7-16/h1-14H,15H2,(H,23,24). The van der Waals surface area contributed by atoms with Crippen LogP contribution in [0.4, 0.5) is 0 Å². The van der Waals surface area contributed by atoms with E-state index < -0.39 is 0 Å². The third-order valence-corrected chi connectivity index (χ3v) is 3.41. The van der Waals surface area contributed by atoms with Gasteiger partial charge in [-0.15, -0.1) is 0 Å². The van der Waals surface area contributed by atoms with E-state index in [2.05, 4.69) is 15.5 Å². The second kappa shape index (κ2) is 8.40. The molecule has 2 aromatic carbocycles. The number of hydrogen-bond donors (Lipinski definition) is 1. The fourth-order valence-corrected chi connectivity index (χ4v) is 2.15. The van der Waals surface area contributed by atoms with E-state index >= 15 is 0 Å². The smallest absolute Gasteiger partial charge is 0.272 e. The molecular formula is C20H17N3O2. The number of hydrogen-bond acceptors (Lipinski definition) is 4. The lowest BCUT2D eigenvalue weighted by Gasteiger charge is -2.06. The molecule has 0 fully saturated rings. The van der Waals surface area contributed by atoms with Crippen LogP contribution >= 0.6 is 0 Å². The zero-order valence-electron chi connectivity index (χ0n) is 13.5. The van der Waals surface area contributed by atoms with Gasteiger partial charge in [0.2, 0.25) is 0 Å². The highest BCUT2D eigenvalue weighted by atomic mass is 16.5. The van der Waals surface area contributed by atoms with Gasteiger partial charge in [0.05, 0.1) is 11.8 Å².